The van der Waals surface area contributed by atoms with E-state index < -0.39 is 0 Å². The summed E-state index contributed by atoms with van der Waals surface area (Å²) in [6, 6.07) is 3.92. The van der Waals surface area contributed by atoms with Gasteiger partial charge in [-0.15, -0.1) is 0 Å². The Morgan fingerprint density at radius 1 is 1.53 bits per heavy atom. The molecule has 0 saturated heterocycles. The number of aliphatic imine (C=N–C) groups is 1. The molecule has 0 aliphatic heterocycles. The largest absolute Gasteiger partial charge is 0.339 e. The van der Waals surface area contributed by atoms with Crippen molar-refractivity contribution in [2.75, 3.05) is 7.05 Å². The third kappa shape index (κ3) is 1.72. The fraction of sp³-hybridized carbons (Fsp3) is 0.0909. The van der Waals surface area contributed by atoms with Crippen LogP contribution in [0, 0.1) is 0 Å². The van der Waals surface area contributed by atoms with E-state index in [4.69, 9.17) is 0 Å². The fourth-order valence-corrected chi connectivity index (χ4v) is 1.83. The topological polar surface area (TPSA) is 41.0 Å². The summed E-state index contributed by atoms with van der Waals surface area (Å²) in [5.41, 5.74) is 2.82. The Morgan fingerprint density at radius 2 is 2.33 bits per heavy atom. The maximum atomic E-state index is 4.34. The summed E-state index contributed by atoms with van der Waals surface area (Å²) in [7, 11) is 1.75. The lowest BCUT2D eigenvalue weighted by Crippen LogP contribution is -1.82. The Morgan fingerprint density at radius 3 is 3.00 bits per heavy atom. The molecule has 0 saturated carbocycles. The van der Waals surface area contributed by atoms with Gasteiger partial charge in [-0.25, -0.2) is 4.98 Å². The molecule has 2 rings (SSSR count). The average Bonchev–Trinajstić information content (AvgIpc) is 2.56. The van der Waals surface area contributed by atoms with Crippen molar-refractivity contribution in [2.24, 2.45) is 4.99 Å². The number of hydrogen-bond acceptors (Lipinski definition) is 2. The van der Waals surface area contributed by atoms with Gasteiger partial charge in [0.15, 0.2) is 0 Å². The van der Waals surface area contributed by atoms with Crippen molar-refractivity contribution in [3.63, 3.8) is 0 Å². The lowest BCUT2D eigenvalue weighted by molar-refractivity contribution is 1.28. The van der Waals surface area contributed by atoms with Crippen molar-refractivity contribution in [1.29, 1.82) is 0 Å². The molecule has 0 spiro atoms. The highest BCUT2D eigenvalue weighted by Gasteiger charge is 2.08. The van der Waals surface area contributed by atoms with E-state index in [-0.39, 0.29) is 0 Å². The van der Waals surface area contributed by atoms with Gasteiger partial charge in [0.2, 0.25) is 0 Å². The van der Waals surface area contributed by atoms with E-state index in [2.05, 4.69) is 37.5 Å². The summed E-state index contributed by atoms with van der Waals surface area (Å²) in [6.07, 6.45) is 3.58. The minimum absolute atomic E-state index is 0.812. The summed E-state index contributed by atoms with van der Waals surface area (Å²) < 4.78 is 0.812. The molecule has 76 valence electrons. The van der Waals surface area contributed by atoms with Crippen LogP contribution in [0.3, 0.4) is 0 Å². The van der Waals surface area contributed by atoms with Gasteiger partial charge in [0.1, 0.15) is 10.3 Å². The highest BCUT2D eigenvalue weighted by Crippen LogP contribution is 2.22. The Labute approximate surface area is 96.1 Å². The molecule has 15 heavy (non-hydrogen) atoms. The van der Waals surface area contributed by atoms with Gasteiger partial charge < -0.3 is 4.98 Å². The van der Waals surface area contributed by atoms with Gasteiger partial charge in [-0.1, -0.05) is 6.58 Å². The zero-order valence-corrected chi connectivity index (χ0v) is 9.87. The highest BCUT2D eigenvalue weighted by molar-refractivity contribution is 9.10. The number of aromatic amines is 1. The lowest BCUT2D eigenvalue weighted by atomic mass is 10.2. The van der Waals surface area contributed by atoms with Gasteiger partial charge in [-0.2, -0.15) is 0 Å². The zero-order valence-electron chi connectivity index (χ0n) is 8.29. The molecule has 0 aliphatic rings. The molecule has 3 nitrogen and oxygen atoms in total. The first-order valence-corrected chi connectivity index (χ1v) is 5.28. The van der Waals surface area contributed by atoms with Crippen LogP contribution in [-0.2, 0) is 0 Å². The van der Waals surface area contributed by atoms with E-state index in [1.54, 1.807) is 13.1 Å². The van der Waals surface area contributed by atoms with Crippen LogP contribution in [0.5, 0.6) is 0 Å². The molecule has 0 bridgehead atoms. The van der Waals surface area contributed by atoms with E-state index in [0.29, 0.717) is 0 Å². The number of hydrogen-bond donors (Lipinski definition) is 1. The third-order valence-electron chi connectivity index (χ3n) is 2.16. The van der Waals surface area contributed by atoms with E-state index in [1.165, 1.54) is 0 Å². The van der Waals surface area contributed by atoms with Crippen LogP contribution in [0.1, 0.15) is 11.3 Å². The number of nitrogens with zero attached hydrogens (tertiary/aromatic N) is 2. The molecular weight excluding hydrogens is 254 g/mol. The van der Waals surface area contributed by atoms with E-state index in [0.717, 1.165) is 26.9 Å². The second-order valence-electron chi connectivity index (χ2n) is 3.07. The summed E-state index contributed by atoms with van der Waals surface area (Å²) in [6.45, 7) is 3.76. The van der Waals surface area contributed by atoms with E-state index in [9.17, 15) is 0 Å². The molecule has 0 fully saturated rings. The number of halogens is 1. The fourth-order valence-electron chi connectivity index (χ4n) is 1.52. The van der Waals surface area contributed by atoms with E-state index >= 15 is 0 Å². The van der Waals surface area contributed by atoms with Crippen LogP contribution < -0.4 is 0 Å². The number of fused-ring (bicyclic) bond motifs is 1. The zero-order chi connectivity index (χ0) is 10.8. The molecule has 0 atom stereocenters. The van der Waals surface area contributed by atoms with Crippen molar-refractivity contribution in [1.82, 2.24) is 9.97 Å². The SMILES string of the molecule is C=Cc1[nH]c2nc(Br)ccc2c1C=NC. The predicted molar refractivity (Wildman–Crippen MR) is 67.4 cm³/mol. The summed E-state index contributed by atoms with van der Waals surface area (Å²) in [5, 5.41) is 1.05. The Hall–Kier alpha value is -1.42. The molecule has 4 heteroatoms. The van der Waals surface area contributed by atoms with Crippen LogP contribution in [0.4, 0.5) is 0 Å². The number of aromatic nitrogens is 2. The highest BCUT2D eigenvalue weighted by atomic mass is 79.9. The standard InChI is InChI=1S/C11H10BrN3/c1-3-9-8(6-13-2)7-4-5-10(12)15-11(7)14-9/h3-6H,1H2,2H3,(H,14,15). The second-order valence-corrected chi connectivity index (χ2v) is 3.89. The molecule has 2 aromatic heterocycles. The molecule has 1 N–H and O–H groups in total. The number of nitrogens with one attached hydrogen (secondary N) is 1. The molecule has 0 unspecified atom stereocenters. The van der Waals surface area contributed by atoms with Crippen molar-refractivity contribution in [3.05, 3.63) is 34.6 Å². The van der Waals surface area contributed by atoms with E-state index in [1.807, 2.05) is 18.3 Å². The van der Waals surface area contributed by atoms with Crippen molar-refractivity contribution >= 4 is 39.3 Å². The first-order chi connectivity index (χ1) is 7.26. The normalized spacial score (nSPS) is 11.3. The molecule has 2 aromatic rings. The first-order valence-electron chi connectivity index (χ1n) is 4.49. The maximum Gasteiger partial charge on any atom is 0.139 e. The van der Waals surface area contributed by atoms with Gasteiger partial charge >= 0.3 is 0 Å². The molecule has 0 radical (unpaired) electrons. The number of H-pyrrole nitrogens is 1. The summed E-state index contributed by atoms with van der Waals surface area (Å²) >= 11 is 3.34. The first kappa shape index (κ1) is 10.1. The smallest absolute Gasteiger partial charge is 0.139 e. The third-order valence-corrected chi connectivity index (χ3v) is 2.60. The maximum absolute atomic E-state index is 4.34. The predicted octanol–water partition coefficient (Wildman–Crippen LogP) is 3.02. The minimum atomic E-state index is 0.812. The summed E-state index contributed by atoms with van der Waals surface area (Å²) in [4.78, 5) is 11.6. The Bertz CT molecular complexity index is 540. The van der Waals surface area contributed by atoms with Crippen LogP contribution in [-0.4, -0.2) is 23.2 Å². The minimum Gasteiger partial charge on any atom is -0.339 e. The number of rotatable bonds is 2. The average molecular weight is 264 g/mol. The second kappa shape index (κ2) is 3.98. The molecule has 0 aromatic carbocycles. The number of pyridine rings is 1. The Kier molecular flexibility index (Phi) is 2.68. The van der Waals surface area contributed by atoms with Gasteiger partial charge in [-0.3, -0.25) is 4.99 Å². The van der Waals surface area contributed by atoms with Gasteiger partial charge in [0, 0.05) is 29.9 Å². The summed E-state index contributed by atoms with van der Waals surface area (Å²) in [5.74, 6) is 0. The van der Waals surface area contributed by atoms with Gasteiger partial charge in [0.05, 0.1) is 0 Å². The quantitative estimate of drug-likeness (QED) is 0.657. The van der Waals surface area contributed by atoms with Crippen LogP contribution in [0.15, 0.2) is 28.3 Å². The van der Waals surface area contributed by atoms with Crippen molar-refractivity contribution < 1.29 is 0 Å². The van der Waals surface area contributed by atoms with Gasteiger partial charge in [0.25, 0.3) is 0 Å². The monoisotopic (exact) mass is 263 g/mol. The molecule has 2 heterocycles. The van der Waals surface area contributed by atoms with Crippen LogP contribution >= 0.6 is 15.9 Å². The lowest BCUT2D eigenvalue weighted by Gasteiger charge is -1.92. The molecule has 0 amide bonds. The van der Waals surface area contributed by atoms with Crippen LogP contribution in [0.2, 0.25) is 0 Å². The van der Waals surface area contributed by atoms with Crippen molar-refractivity contribution in [2.45, 2.75) is 0 Å². The van der Waals surface area contributed by atoms with Crippen molar-refractivity contribution in [3.8, 4) is 0 Å². The molecular formula is C11H10BrN3. The molecule has 0 aliphatic carbocycles. The van der Waals surface area contributed by atoms with Crippen LogP contribution in [0.25, 0.3) is 17.1 Å². The Balaban J connectivity index is 2.79. The van der Waals surface area contributed by atoms with Gasteiger partial charge in [-0.05, 0) is 34.1 Å².